The minimum absolute atomic E-state index is 0.735. The molecule has 1 aromatic carbocycles. The van der Waals surface area contributed by atoms with Crippen LogP contribution in [0, 0.1) is 0 Å². The monoisotopic (exact) mass is 283 g/mol. The number of fused-ring (bicyclic) bond motifs is 1. The molecule has 1 aromatic rings. The van der Waals surface area contributed by atoms with Gasteiger partial charge in [0.25, 0.3) is 0 Å². The average Bonchev–Trinajstić information content (AvgIpc) is 2.53. The van der Waals surface area contributed by atoms with E-state index >= 15 is 0 Å². The summed E-state index contributed by atoms with van der Waals surface area (Å²) in [7, 11) is 3.31. The normalized spacial score (nSPS) is 14.0. The van der Waals surface area contributed by atoms with Crippen molar-refractivity contribution in [3.05, 3.63) is 60.2 Å². The van der Waals surface area contributed by atoms with Crippen LogP contribution in [-0.4, -0.2) is 26.5 Å². The number of allylic oxidation sites excluding steroid dienone is 4. The minimum Gasteiger partial charge on any atom is -0.493 e. The Morgan fingerprint density at radius 3 is 2.57 bits per heavy atom. The lowest BCUT2D eigenvalue weighted by Crippen LogP contribution is -2.14. The van der Waals surface area contributed by atoms with Crippen molar-refractivity contribution in [2.75, 3.05) is 20.8 Å². The second-order valence-electron chi connectivity index (χ2n) is 4.80. The fourth-order valence-corrected chi connectivity index (χ4v) is 2.49. The van der Waals surface area contributed by atoms with Crippen LogP contribution in [0.25, 0.3) is 0 Å². The lowest BCUT2D eigenvalue weighted by molar-refractivity contribution is 0.354. The third-order valence-electron chi connectivity index (χ3n) is 3.57. The first-order valence-electron chi connectivity index (χ1n) is 6.96. The van der Waals surface area contributed by atoms with Gasteiger partial charge in [0, 0.05) is 24.2 Å². The highest BCUT2D eigenvalue weighted by atomic mass is 16.5. The number of methoxy groups -OCH3 is 2. The maximum Gasteiger partial charge on any atom is 0.161 e. The van der Waals surface area contributed by atoms with E-state index in [2.05, 4.69) is 18.2 Å². The first-order chi connectivity index (χ1) is 10.2. The molecule has 2 rings (SSSR count). The van der Waals surface area contributed by atoms with Crippen LogP contribution >= 0.6 is 0 Å². The van der Waals surface area contributed by atoms with E-state index in [4.69, 9.17) is 9.47 Å². The first-order valence-corrected chi connectivity index (χ1v) is 6.96. The summed E-state index contributed by atoms with van der Waals surface area (Å²) in [6, 6.07) is 4.06. The van der Waals surface area contributed by atoms with Crippen LogP contribution in [0.5, 0.6) is 11.5 Å². The fraction of sp³-hybridized carbons (Fsp3) is 0.278. The second-order valence-corrected chi connectivity index (χ2v) is 4.80. The van der Waals surface area contributed by atoms with Crippen LogP contribution in [-0.2, 0) is 6.42 Å². The third-order valence-corrected chi connectivity index (χ3v) is 3.57. The molecule has 1 aliphatic rings. The van der Waals surface area contributed by atoms with Crippen molar-refractivity contribution in [2.24, 2.45) is 4.99 Å². The number of nitrogens with zero attached hydrogens (tertiary/aromatic N) is 1. The van der Waals surface area contributed by atoms with Gasteiger partial charge in [0.1, 0.15) is 0 Å². The zero-order valence-corrected chi connectivity index (χ0v) is 12.7. The van der Waals surface area contributed by atoms with Crippen molar-refractivity contribution >= 4 is 5.71 Å². The number of benzene rings is 1. The van der Waals surface area contributed by atoms with E-state index in [0.29, 0.717) is 0 Å². The minimum atomic E-state index is 0.735. The number of hydrogen-bond donors (Lipinski definition) is 0. The van der Waals surface area contributed by atoms with Crippen molar-refractivity contribution in [1.82, 2.24) is 0 Å². The smallest absolute Gasteiger partial charge is 0.161 e. The Morgan fingerprint density at radius 1 is 1.24 bits per heavy atom. The van der Waals surface area contributed by atoms with E-state index in [9.17, 15) is 0 Å². The Kier molecular flexibility index (Phi) is 4.99. The SMILES string of the molecule is C=C/C=C(\C=C)CC1=NCCc2cc(OC)c(OC)cc21. The summed E-state index contributed by atoms with van der Waals surface area (Å²) >= 11 is 0. The number of ether oxygens (including phenoxy) is 2. The molecule has 1 aliphatic heterocycles. The molecule has 110 valence electrons. The Labute approximate surface area is 126 Å². The molecule has 0 N–H and O–H groups in total. The van der Waals surface area contributed by atoms with Crippen molar-refractivity contribution in [3.8, 4) is 11.5 Å². The second kappa shape index (κ2) is 6.93. The van der Waals surface area contributed by atoms with Gasteiger partial charge in [0.15, 0.2) is 11.5 Å². The van der Waals surface area contributed by atoms with E-state index in [0.717, 1.165) is 47.7 Å². The van der Waals surface area contributed by atoms with Crippen LogP contribution in [0.15, 0.2) is 54.1 Å². The van der Waals surface area contributed by atoms with Gasteiger partial charge < -0.3 is 9.47 Å². The maximum atomic E-state index is 5.40. The standard InChI is InChI=1S/C18H21NO2/c1-5-7-13(6-2)10-16-15-12-18(21-4)17(20-3)11-14(15)8-9-19-16/h5-7,11-12H,1-2,8-10H2,3-4H3/b13-7+. The molecule has 0 aromatic heterocycles. The molecule has 3 nitrogen and oxygen atoms in total. The molecule has 0 spiro atoms. The largest absolute Gasteiger partial charge is 0.493 e. The molecular formula is C18H21NO2. The summed E-state index contributed by atoms with van der Waals surface area (Å²) in [5.74, 6) is 1.50. The van der Waals surface area contributed by atoms with Gasteiger partial charge in [0.05, 0.1) is 14.2 Å². The van der Waals surface area contributed by atoms with Gasteiger partial charge in [-0.1, -0.05) is 31.4 Å². The van der Waals surface area contributed by atoms with Crippen molar-refractivity contribution in [2.45, 2.75) is 12.8 Å². The molecule has 0 atom stereocenters. The molecule has 21 heavy (non-hydrogen) atoms. The highest BCUT2D eigenvalue weighted by Gasteiger charge is 2.18. The summed E-state index contributed by atoms with van der Waals surface area (Å²) in [4.78, 5) is 4.67. The molecule has 0 saturated heterocycles. The van der Waals surface area contributed by atoms with Crippen LogP contribution in [0.2, 0.25) is 0 Å². The molecular weight excluding hydrogens is 262 g/mol. The van der Waals surface area contributed by atoms with Crippen molar-refractivity contribution in [3.63, 3.8) is 0 Å². The summed E-state index contributed by atoms with van der Waals surface area (Å²) < 4.78 is 10.8. The topological polar surface area (TPSA) is 30.8 Å². The van der Waals surface area contributed by atoms with Gasteiger partial charge in [-0.25, -0.2) is 0 Å². The Balaban J connectivity index is 2.41. The first kappa shape index (κ1) is 15.1. The lowest BCUT2D eigenvalue weighted by atomic mass is 9.93. The van der Waals surface area contributed by atoms with Crippen LogP contribution in [0.3, 0.4) is 0 Å². The Hall–Kier alpha value is -2.29. The van der Waals surface area contributed by atoms with Gasteiger partial charge in [0.2, 0.25) is 0 Å². The van der Waals surface area contributed by atoms with Gasteiger partial charge in [-0.15, -0.1) is 0 Å². The number of hydrogen-bond acceptors (Lipinski definition) is 3. The fourth-order valence-electron chi connectivity index (χ4n) is 2.49. The third kappa shape index (κ3) is 3.24. The molecule has 0 saturated carbocycles. The predicted molar refractivity (Wildman–Crippen MR) is 87.7 cm³/mol. The lowest BCUT2D eigenvalue weighted by Gasteiger charge is -2.20. The van der Waals surface area contributed by atoms with Crippen LogP contribution in [0.4, 0.5) is 0 Å². The van der Waals surface area contributed by atoms with Crippen molar-refractivity contribution < 1.29 is 9.47 Å². The molecule has 0 bridgehead atoms. The Bertz CT molecular complexity index is 612. The van der Waals surface area contributed by atoms with Gasteiger partial charge in [-0.2, -0.15) is 0 Å². The highest BCUT2D eigenvalue weighted by Crippen LogP contribution is 2.33. The molecule has 0 radical (unpaired) electrons. The molecule has 0 aliphatic carbocycles. The number of aliphatic imine (C=N–C) groups is 1. The van der Waals surface area contributed by atoms with E-state index in [-0.39, 0.29) is 0 Å². The summed E-state index contributed by atoms with van der Waals surface area (Å²) in [6.07, 6.45) is 7.26. The quantitative estimate of drug-likeness (QED) is 0.745. The molecule has 0 fully saturated rings. The summed E-state index contributed by atoms with van der Waals surface area (Å²) in [5.41, 5.74) is 4.55. The van der Waals surface area contributed by atoms with E-state index in [1.165, 1.54) is 5.56 Å². The molecule has 1 heterocycles. The summed E-state index contributed by atoms with van der Waals surface area (Å²) in [6.45, 7) is 8.38. The van der Waals surface area contributed by atoms with Crippen LogP contribution in [0.1, 0.15) is 17.5 Å². The Morgan fingerprint density at radius 2 is 1.95 bits per heavy atom. The van der Waals surface area contributed by atoms with Gasteiger partial charge >= 0.3 is 0 Å². The number of rotatable bonds is 6. The van der Waals surface area contributed by atoms with Gasteiger partial charge in [-0.3, -0.25) is 4.99 Å². The zero-order valence-electron chi connectivity index (χ0n) is 12.7. The highest BCUT2D eigenvalue weighted by molar-refractivity contribution is 6.04. The van der Waals surface area contributed by atoms with E-state index < -0.39 is 0 Å². The molecule has 3 heteroatoms. The molecule has 0 amide bonds. The van der Waals surface area contributed by atoms with Crippen molar-refractivity contribution in [1.29, 1.82) is 0 Å². The maximum absolute atomic E-state index is 5.40. The zero-order chi connectivity index (χ0) is 15.2. The van der Waals surface area contributed by atoms with Crippen LogP contribution < -0.4 is 9.47 Å². The summed E-state index contributed by atoms with van der Waals surface area (Å²) in [5, 5.41) is 0. The van der Waals surface area contributed by atoms with E-state index in [1.807, 2.05) is 24.3 Å². The average molecular weight is 283 g/mol. The predicted octanol–water partition coefficient (Wildman–Crippen LogP) is 3.74. The van der Waals surface area contributed by atoms with E-state index in [1.54, 1.807) is 20.3 Å². The van der Waals surface area contributed by atoms with Gasteiger partial charge in [-0.05, 0) is 29.7 Å². The molecule has 0 unspecified atom stereocenters.